The smallest absolute Gasteiger partial charge is 0.339 e. The minimum absolute atomic E-state index is 0.0584. The van der Waals surface area contributed by atoms with Crippen molar-refractivity contribution >= 4 is 11.9 Å². The number of hydrogen-bond donors (Lipinski definition) is 2. The van der Waals surface area contributed by atoms with E-state index < -0.39 is 16.4 Å². The Hall–Kier alpha value is -3.62. The zero-order valence-electron chi connectivity index (χ0n) is 44.8. The summed E-state index contributed by atoms with van der Waals surface area (Å²) >= 11 is 0. The third-order valence-electron chi connectivity index (χ3n) is 27.6. The van der Waals surface area contributed by atoms with Gasteiger partial charge in [0.05, 0.1) is 11.0 Å². The highest BCUT2D eigenvalue weighted by atomic mass is 16.6. The average Bonchev–Trinajstić information content (AvgIpc) is 4.34. The largest absolute Gasteiger partial charge is 0.508 e. The second kappa shape index (κ2) is 15.4. The van der Waals surface area contributed by atoms with Crippen molar-refractivity contribution in [2.75, 3.05) is 19.6 Å². The minimum atomic E-state index is -1.15. The maximum atomic E-state index is 16.9. The number of allylic oxidation sites excluding steroid dienone is 6. The number of fused-ring (bicyclic) bond motifs is 10. The second-order valence-corrected chi connectivity index (χ2v) is 29.4. The molecule has 0 aromatic heterocycles. The summed E-state index contributed by atoms with van der Waals surface area (Å²) in [6.45, 7) is 2.86. The third kappa shape index (κ3) is 5.17. The molecule has 1 aromatic rings. The fraction of sp³-hybridized carbons (Fsp3) is 0.731. The predicted molar refractivity (Wildman–Crippen MR) is 286 cm³/mol. The van der Waals surface area contributed by atoms with Crippen LogP contribution in [0.1, 0.15) is 182 Å². The van der Waals surface area contributed by atoms with Crippen LogP contribution < -0.4 is 5.73 Å². The summed E-state index contributed by atoms with van der Waals surface area (Å²) in [5.74, 6) is 4.37. The third-order valence-corrected chi connectivity index (χ3v) is 27.6. The Morgan fingerprint density at radius 2 is 1.59 bits per heavy atom. The number of nitrogens with two attached hydrogens (primary N) is 1. The number of aryl methyl sites for hydroxylation is 1. The van der Waals surface area contributed by atoms with E-state index in [2.05, 4.69) is 52.3 Å². The van der Waals surface area contributed by atoms with Crippen molar-refractivity contribution in [3.05, 3.63) is 93.1 Å². The molecule has 8 heteroatoms. The summed E-state index contributed by atoms with van der Waals surface area (Å²) in [7, 11) is 0. The van der Waals surface area contributed by atoms with Crippen LogP contribution >= 0.6 is 0 Å². The van der Waals surface area contributed by atoms with Crippen LogP contribution in [0.2, 0.25) is 0 Å². The molecule has 75 heavy (non-hydrogen) atoms. The van der Waals surface area contributed by atoms with Gasteiger partial charge in [-0.05, 0) is 204 Å². The number of aliphatic hydroxyl groups excluding tert-OH is 1. The van der Waals surface area contributed by atoms with E-state index in [1.165, 1.54) is 128 Å². The lowest BCUT2D eigenvalue weighted by atomic mass is 9.27. The molecular weight excluding hydrogens is 927 g/mol. The SMILES string of the molecule is NCCCc1cccc2c1C(=O)O[C@@]21[C@H]2C[C@H](C3CCCC3)/C=C\[C@H]3C4=C5CC[C@]16/C(=C(\O)[C@@H]1CC[C@@H]7[C@H]8C[C@@H](CN7[C@@H]1C1CC7(CCCC7)C7(CCCC7)C1)[C@H]1CCC7=C([C@@H]5[C@H]5[C@@H](CC=C[C@H]53)C7)N1C8)OC(=O)[C@]426. The van der Waals surface area contributed by atoms with Crippen molar-refractivity contribution < 1.29 is 24.2 Å². The maximum Gasteiger partial charge on any atom is 0.339 e. The number of nitrogens with zero attached hydrogens (tertiary/aromatic N) is 2. The van der Waals surface area contributed by atoms with E-state index in [4.69, 9.17) is 15.2 Å². The van der Waals surface area contributed by atoms with Crippen LogP contribution in [0.3, 0.4) is 0 Å². The fourth-order valence-electron chi connectivity index (χ4n) is 25.6. The summed E-state index contributed by atoms with van der Waals surface area (Å²) in [5, 5.41) is 14.4. The quantitative estimate of drug-likeness (QED) is 0.222. The highest BCUT2D eigenvalue weighted by Crippen LogP contribution is 2.89. The second-order valence-electron chi connectivity index (χ2n) is 29.4. The van der Waals surface area contributed by atoms with Crippen LogP contribution in [0, 0.1) is 92.7 Å². The monoisotopic (exact) mass is 1010 g/mol. The van der Waals surface area contributed by atoms with Crippen LogP contribution in [-0.2, 0) is 26.3 Å². The van der Waals surface area contributed by atoms with Gasteiger partial charge in [-0.3, -0.25) is 9.69 Å². The molecule has 9 fully saturated rings. The molecule has 3 N–H and O–H groups in total. The molecule has 10 aliphatic carbocycles. The van der Waals surface area contributed by atoms with Gasteiger partial charge in [-0.25, -0.2) is 4.79 Å². The molecule has 8 nitrogen and oxygen atoms in total. The number of hydrogen-bond acceptors (Lipinski definition) is 8. The summed E-state index contributed by atoms with van der Waals surface area (Å²) < 4.78 is 15.0. The Kier molecular flexibility index (Phi) is 9.29. The van der Waals surface area contributed by atoms with Crippen LogP contribution in [-0.4, -0.2) is 64.6 Å². The van der Waals surface area contributed by atoms with Crippen molar-refractivity contribution in [1.29, 1.82) is 0 Å². The number of carbonyl (C=O) groups excluding carboxylic acids is 2. The Bertz CT molecular complexity index is 2850. The standard InChI is InChI=1S/C67H83N3O5/c68-29-9-14-38-12-8-16-49-54(38)61(72)75-67(49)52-32-39(37-10-1-2-11-37)17-19-46-45-15-7-13-40-30-41-18-21-50-42-31-43-36-70(50)58(41)55(53(40)45)47-23-28-65(67)60(74-62(73)66(52,65)56(46)47)59(71)48-20-22-51(43)69(35-42)57(48)44-33-63(24-3-4-25-63)64(34-44)26-5-6-27-64/h7-8,12,15-17,19,37,39-40,42-46,48,50-53,55,57,71H,1-6,9-11,13-14,18,20-36,68H2/b19-17-,60-59+/t39-,40+,42+,43+,45+,46-,48-,50-,51-,52+,53+,55+,57-,65-,66-,67-/m1/s1. The van der Waals surface area contributed by atoms with Gasteiger partial charge in [-0.2, -0.15) is 0 Å². The van der Waals surface area contributed by atoms with E-state index in [1.807, 2.05) is 0 Å². The van der Waals surface area contributed by atoms with Crippen LogP contribution in [0.5, 0.6) is 0 Å². The normalized spacial score (nSPS) is 48.1. The molecule has 7 bridgehead atoms. The van der Waals surface area contributed by atoms with Crippen molar-refractivity contribution in [2.24, 2.45) is 98.4 Å². The maximum absolute atomic E-state index is 16.9. The molecule has 16 atom stereocenters. The van der Waals surface area contributed by atoms with Gasteiger partial charge in [-0.15, -0.1) is 0 Å². The molecule has 7 heterocycles. The Labute approximate surface area is 445 Å². The first kappa shape index (κ1) is 45.3. The number of aliphatic hydroxyl groups is 1. The van der Waals surface area contributed by atoms with E-state index in [0.29, 0.717) is 94.9 Å². The molecular formula is C67H83N3O5. The molecule has 18 rings (SSSR count). The lowest BCUT2D eigenvalue weighted by Crippen LogP contribution is -2.78. The van der Waals surface area contributed by atoms with Gasteiger partial charge in [0.25, 0.3) is 0 Å². The van der Waals surface area contributed by atoms with Crippen LogP contribution in [0.4, 0.5) is 0 Å². The molecule has 4 saturated heterocycles. The number of piperidine rings is 3. The molecule has 0 amide bonds. The number of carbonyl (C=O) groups is 2. The number of esters is 2. The Balaban J connectivity index is 0.932. The van der Waals surface area contributed by atoms with Crippen molar-refractivity contribution in [1.82, 2.24) is 9.80 Å². The zero-order chi connectivity index (χ0) is 49.5. The Morgan fingerprint density at radius 1 is 0.787 bits per heavy atom. The number of benzene rings is 1. The van der Waals surface area contributed by atoms with Crippen molar-refractivity contribution in [3.63, 3.8) is 0 Å². The molecule has 5 spiro atoms. The van der Waals surface area contributed by atoms with Crippen LogP contribution in [0.15, 0.2) is 76.4 Å². The summed E-state index contributed by atoms with van der Waals surface area (Å²) in [5.41, 5.74) is 12.9. The van der Waals surface area contributed by atoms with Crippen molar-refractivity contribution in [2.45, 2.75) is 191 Å². The van der Waals surface area contributed by atoms with Gasteiger partial charge in [-0.1, -0.05) is 92.2 Å². The zero-order valence-corrected chi connectivity index (χ0v) is 44.8. The van der Waals surface area contributed by atoms with E-state index in [0.717, 1.165) is 56.2 Å². The molecule has 0 radical (unpaired) electrons. The summed E-state index contributed by atoms with van der Waals surface area (Å²) in [6.07, 6.45) is 41.1. The highest BCUT2D eigenvalue weighted by Gasteiger charge is 2.94. The van der Waals surface area contributed by atoms with Gasteiger partial charge in [0, 0.05) is 66.1 Å². The van der Waals surface area contributed by atoms with Crippen molar-refractivity contribution in [3.8, 4) is 0 Å². The molecule has 5 saturated carbocycles. The molecule has 0 unspecified atom stereocenters. The highest BCUT2D eigenvalue weighted by molar-refractivity contribution is 6.00. The molecule has 1 aromatic carbocycles. The average molecular weight is 1010 g/mol. The molecule has 396 valence electrons. The van der Waals surface area contributed by atoms with E-state index in [1.54, 1.807) is 16.8 Å². The first-order chi connectivity index (χ1) is 36.8. The minimum Gasteiger partial charge on any atom is -0.508 e. The lowest BCUT2D eigenvalue weighted by Gasteiger charge is -2.73. The van der Waals surface area contributed by atoms with Gasteiger partial charge in [0.2, 0.25) is 0 Å². The van der Waals surface area contributed by atoms with Gasteiger partial charge < -0.3 is 25.2 Å². The number of ether oxygens (including phenoxy) is 2. The predicted octanol–water partition coefficient (Wildman–Crippen LogP) is 12.5. The summed E-state index contributed by atoms with van der Waals surface area (Å²) in [6, 6.07) is 7.79. The fourth-order valence-corrected chi connectivity index (χ4v) is 25.6. The molecule has 7 aliphatic heterocycles. The first-order valence-corrected chi connectivity index (χ1v) is 31.8. The Morgan fingerprint density at radius 3 is 2.39 bits per heavy atom. The lowest BCUT2D eigenvalue weighted by molar-refractivity contribution is -0.283. The first-order valence-electron chi connectivity index (χ1n) is 31.8. The van der Waals surface area contributed by atoms with E-state index in [9.17, 15) is 5.11 Å². The van der Waals surface area contributed by atoms with E-state index in [-0.39, 0.29) is 53.5 Å². The molecule has 17 aliphatic rings. The van der Waals surface area contributed by atoms with E-state index >= 15 is 9.59 Å². The topological polar surface area (TPSA) is 105 Å². The van der Waals surface area contributed by atoms with Gasteiger partial charge in [0.1, 0.15) is 11.2 Å². The van der Waals surface area contributed by atoms with Crippen LogP contribution in [0.25, 0.3) is 0 Å². The van der Waals surface area contributed by atoms with Gasteiger partial charge >= 0.3 is 11.9 Å². The summed E-state index contributed by atoms with van der Waals surface area (Å²) in [4.78, 5) is 38.6. The number of rotatable bonds is 5. The van der Waals surface area contributed by atoms with Gasteiger partial charge in [0.15, 0.2) is 11.4 Å².